The van der Waals surface area contributed by atoms with E-state index in [0.29, 0.717) is 5.41 Å². The van der Waals surface area contributed by atoms with Gasteiger partial charge >= 0.3 is 6.09 Å². The summed E-state index contributed by atoms with van der Waals surface area (Å²) in [6.07, 6.45) is 6.24. The van der Waals surface area contributed by atoms with Crippen LogP contribution >= 0.6 is 0 Å². The van der Waals surface area contributed by atoms with Gasteiger partial charge in [0.05, 0.1) is 0 Å². The zero-order valence-electron chi connectivity index (χ0n) is 10.7. The quantitative estimate of drug-likeness (QED) is 0.633. The van der Waals surface area contributed by atoms with Gasteiger partial charge < -0.3 is 9.64 Å². The number of hydrogen-bond acceptors (Lipinski definition) is 2. The number of carbonyl (C=O) groups excluding carboxylic acids is 1. The Labute approximate surface area is 98.1 Å². The summed E-state index contributed by atoms with van der Waals surface area (Å²) in [4.78, 5) is 13.9. The van der Waals surface area contributed by atoms with Gasteiger partial charge in [0.25, 0.3) is 0 Å². The molecule has 1 spiro atoms. The van der Waals surface area contributed by atoms with Crippen LogP contribution in [0.5, 0.6) is 0 Å². The van der Waals surface area contributed by atoms with E-state index in [0.717, 1.165) is 19.5 Å². The number of amides is 1. The number of rotatable bonds is 0. The number of nitrogens with zero attached hydrogens (tertiary/aromatic N) is 1. The predicted octanol–water partition coefficient (Wildman–Crippen LogP) is 3.19. The molecule has 1 saturated carbocycles. The SMILES string of the molecule is CC(C)(C)OC(=O)N1CCCC2(CCC2)C1. The van der Waals surface area contributed by atoms with Crippen LogP contribution in [0.4, 0.5) is 4.79 Å². The standard InChI is InChI=1S/C13H23NO2/c1-12(2,3)16-11(15)14-9-5-8-13(10-14)6-4-7-13/h4-10H2,1-3H3. The van der Waals surface area contributed by atoms with E-state index in [2.05, 4.69) is 0 Å². The van der Waals surface area contributed by atoms with E-state index in [-0.39, 0.29) is 11.7 Å². The molecule has 3 heteroatoms. The maximum atomic E-state index is 11.9. The third-order valence-corrected chi connectivity index (χ3v) is 3.73. The molecule has 1 heterocycles. The van der Waals surface area contributed by atoms with Gasteiger partial charge in [-0.05, 0) is 51.9 Å². The van der Waals surface area contributed by atoms with Crippen molar-refractivity contribution in [2.75, 3.05) is 13.1 Å². The molecular formula is C13H23NO2. The van der Waals surface area contributed by atoms with Crippen molar-refractivity contribution in [2.45, 2.75) is 58.5 Å². The largest absolute Gasteiger partial charge is 0.444 e. The van der Waals surface area contributed by atoms with Gasteiger partial charge in [-0.15, -0.1) is 0 Å². The van der Waals surface area contributed by atoms with E-state index in [1.807, 2.05) is 25.7 Å². The van der Waals surface area contributed by atoms with Crippen LogP contribution in [0, 0.1) is 5.41 Å². The van der Waals surface area contributed by atoms with Crippen molar-refractivity contribution in [1.82, 2.24) is 4.90 Å². The molecule has 2 fully saturated rings. The first kappa shape index (κ1) is 11.7. The summed E-state index contributed by atoms with van der Waals surface area (Å²) in [7, 11) is 0. The van der Waals surface area contributed by atoms with Crippen molar-refractivity contribution in [2.24, 2.45) is 5.41 Å². The van der Waals surface area contributed by atoms with E-state index in [9.17, 15) is 4.79 Å². The minimum atomic E-state index is -0.374. The van der Waals surface area contributed by atoms with Crippen molar-refractivity contribution >= 4 is 6.09 Å². The molecule has 1 amide bonds. The maximum Gasteiger partial charge on any atom is 0.410 e. The van der Waals surface area contributed by atoms with E-state index in [1.165, 1.54) is 25.7 Å². The fourth-order valence-electron chi connectivity index (χ4n) is 2.78. The average Bonchev–Trinajstić information content (AvgIpc) is 2.13. The zero-order chi connectivity index (χ0) is 11.8. The number of hydrogen-bond donors (Lipinski definition) is 0. The maximum absolute atomic E-state index is 11.9. The third-order valence-electron chi connectivity index (χ3n) is 3.73. The molecule has 0 N–H and O–H groups in total. The lowest BCUT2D eigenvalue weighted by atomic mass is 9.64. The summed E-state index contributed by atoms with van der Waals surface area (Å²) in [5, 5.41) is 0. The van der Waals surface area contributed by atoms with E-state index in [4.69, 9.17) is 4.74 Å². The highest BCUT2D eigenvalue weighted by Gasteiger charge is 2.42. The highest BCUT2D eigenvalue weighted by atomic mass is 16.6. The number of ether oxygens (including phenoxy) is 1. The van der Waals surface area contributed by atoms with Crippen LogP contribution in [0.25, 0.3) is 0 Å². The average molecular weight is 225 g/mol. The van der Waals surface area contributed by atoms with Gasteiger partial charge in [-0.1, -0.05) is 6.42 Å². The fraction of sp³-hybridized carbons (Fsp3) is 0.923. The van der Waals surface area contributed by atoms with Crippen LogP contribution in [0.15, 0.2) is 0 Å². The second-order valence-corrected chi connectivity index (χ2v) is 6.36. The molecule has 0 bridgehead atoms. The smallest absolute Gasteiger partial charge is 0.410 e. The van der Waals surface area contributed by atoms with Crippen molar-refractivity contribution < 1.29 is 9.53 Å². The molecule has 0 aromatic rings. The van der Waals surface area contributed by atoms with Crippen LogP contribution in [-0.4, -0.2) is 29.7 Å². The zero-order valence-corrected chi connectivity index (χ0v) is 10.7. The number of piperidine rings is 1. The first-order valence-electron chi connectivity index (χ1n) is 6.38. The van der Waals surface area contributed by atoms with Gasteiger partial charge in [0.2, 0.25) is 0 Å². The van der Waals surface area contributed by atoms with Crippen molar-refractivity contribution in [3.05, 3.63) is 0 Å². The van der Waals surface area contributed by atoms with Crippen molar-refractivity contribution in [3.63, 3.8) is 0 Å². The summed E-state index contributed by atoms with van der Waals surface area (Å²) < 4.78 is 5.43. The molecule has 0 aromatic heterocycles. The monoisotopic (exact) mass is 225 g/mol. The van der Waals surface area contributed by atoms with Gasteiger partial charge in [0, 0.05) is 13.1 Å². The molecule has 2 aliphatic rings. The van der Waals surface area contributed by atoms with Gasteiger partial charge in [-0.3, -0.25) is 0 Å². The van der Waals surface area contributed by atoms with Crippen molar-refractivity contribution in [1.29, 1.82) is 0 Å². The summed E-state index contributed by atoms with van der Waals surface area (Å²) in [5.74, 6) is 0. The molecule has 1 saturated heterocycles. The second kappa shape index (κ2) is 3.94. The lowest BCUT2D eigenvalue weighted by molar-refractivity contribution is -0.0153. The Balaban J connectivity index is 1.91. The molecule has 2 rings (SSSR count). The highest BCUT2D eigenvalue weighted by Crippen LogP contribution is 2.47. The Bertz CT molecular complexity index is 276. The summed E-state index contributed by atoms with van der Waals surface area (Å²) >= 11 is 0. The topological polar surface area (TPSA) is 29.5 Å². The number of likely N-dealkylation sites (tertiary alicyclic amines) is 1. The van der Waals surface area contributed by atoms with Crippen LogP contribution in [0.2, 0.25) is 0 Å². The normalized spacial score (nSPS) is 24.1. The summed E-state index contributed by atoms with van der Waals surface area (Å²) in [6.45, 7) is 7.56. The van der Waals surface area contributed by atoms with Crippen LogP contribution in [0.1, 0.15) is 52.9 Å². The molecule has 0 aromatic carbocycles. The molecule has 3 nitrogen and oxygen atoms in total. The second-order valence-electron chi connectivity index (χ2n) is 6.36. The summed E-state index contributed by atoms with van der Waals surface area (Å²) in [5.41, 5.74) is 0.0798. The Morgan fingerprint density at radius 1 is 1.19 bits per heavy atom. The highest BCUT2D eigenvalue weighted by molar-refractivity contribution is 5.68. The molecule has 0 radical (unpaired) electrons. The minimum Gasteiger partial charge on any atom is -0.444 e. The summed E-state index contributed by atoms with van der Waals surface area (Å²) in [6, 6.07) is 0. The fourth-order valence-corrected chi connectivity index (χ4v) is 2.78. The van der Waals surface area contributed by atoms with E-state index >= 15 is 0 Å². The van der Waals surface area contributed by atoms with Gasteiger partial charge in [0.1, 0.15) is 5.60 Å². The Morgan fingerprint density at radius 2 is 1.81 bits per heavy atom. The predicted molar refractivity (Wildman–Crippen MR) is 63.3 cm³/mol. The van der Waals surface area contributed by atoms with Gasteiger partial charge in [-0.2, -0.15) is 0 Å². The molecule has 92 valence electrons. The Morgan fingerprint density at radius 3 is 2.31 bits per heavy atom. The molecule has 1 aliphatic carbocycles. The molecule has 0 atom stereocenters. The molecule has 16 heavy (non-hydrogen) atoms. The van der Waals surface area contributed by atoms with Crippen molar-refractivity contribution in [3.8, 4) is 0 Å². The first-order valence-corrected chi connectivity index (χ1v) is 6.38. The Hall–Kier alpha value is -0.730. The lowest BCUT2D eigenvalue weighted by Gasteiger charge is -2.48. The molecule has 0 unspecified atom stereocenters. The van der Waals surface area contributed by atoms with E-state index in [1.54, 1.807) is 0 Å². The third kappa shape index (κ3) is 2.50. The van der Waals surface area contributed by atoms with Crippen LogP contribution < -0.4 is 0 Å². The molecule has 1 aliphatic heterocycles. The van der Waals surface area contributed by atoms with E-state index < -0.39 is 0 Å². The minimum absolute atomic E-state index is 0.126. The van der Waals surface area contributed by atoms with Gasteiger partial charge in [0.15, 0.2) is 0 Å². The first-order chi connectivity index (χ1) is 7.40. The van der Waals surface area contributed by atoms with Crippen LogP contribution in [-0.2, 0) is 4.74 Å². The number of carbonyl (C=O) groups is 1. The molecular weight excluding hydrogens is 202 g/mol. The lowest BCUT2D eigenvalue weighted by Crippen LogP contribution is -2.50. The van der Waals surface area contributed by atoms with Gasteiger partial charge in [-0.25, -0.2) is 4.79 Å². The Kier molecular flexibility index (Phi) is 2.89. The van der Waals surface area contributed by atoms with Crippen LogP contribution in [0.3, 0.4) is 0 Å².